The summed E-state index contributed by atoms with van der Waals surface area (Å²) in [6.07, 6.45) is 2.21. The quantitative estimate of drug-likeness (QED) is 0.617. The Hall–Kier alpha value is -2.28. The molecule has 0 spiro atoms. The second-order valence-corrected chi connectivity index (χ2v) is 6.44. The van der Waals surface area contributed by atoms with E-state index in [0.717, 1.165) is 37.2 Å². The normalized spacial score (nSPS) is 31.7. The van der Waals surface area contributed by atoms with Crippen LogP contribution >= 0.6 is 0 Å². The van der Waals surface area contributed by atoms with E-state index in [1.165, 1.54) is 19.1 Å². The van der Waals surface area contributed by atoms with Crippen LogP contribution in [0, 0.1) is 16.0 Å². The van der Waals surface area contributed by atoms with Crippen LogP contribution in [-0.4, -0.2) is 45.6 Å². The van der Waals surface area contributed by atoms with Gasteiger partial charge in [-0.2, -0.15) is 5.10 Å². The summed E-state index contributed by atoms with van der Waals surface area (Å²) in [5, 5.41) is 17.0. The van der Waals surface area contributed by atoms with Crippen molar-refractivity contribution in [3.63, 3.8) is 0 Å². The lowest BCUT2D eigenvalue weighted by atomic mass is 9.78. The minimum Gasteiger partial charge on any atom is -0.293 e. The van der Waals surface area contributed by atoms with E-state index in [0.29, 0.717) is 5.92 Å². The van der Waals surface area contributed by atoms with Crippen LogP contribution in [0.25, 0.3) is 0 Å². The fraction of sp³-hybridized carbons (Fsp3) is 0.500. The van der Waals surface area contributed by atoms with Gasteiger partial charge in [0.25, 0.3) is 5.69 Å². The fourth-order valence-corrected chi connectivity index (χ4v) is 4.11. The number of nitro benzene ring substituents is 1. The van der Waals surface area contributed by atoms with Crippen LogP contribution in [0.4, 0.5) is 5.69 Å². The van der Waals surface area contributed by atoms with Gasteiger partial charge in [0.05, 0.1) is 16.7 Å². The monoisotopic (exact) mass is 314 g/mol. The van der Waals surface area contributed by atoms with Gasteiger partial charge in [0, 0.05) is 25.0 Å². The maximum absolute atomic E-state index is 12.1. The molecule has 1 aromatic carbocycles. The molecule has 0 N–H and O–H groups in total. The summed E-state index contributed by atoms with van der Waals surface area (Å²) in [6.45, 7) is 3.59. The highest BCUT2D eigenvalue weighted by Crippen LogP contribution is 2.43. The van der Waals surface area contributed by atoms with E-state index < -0.39 is 4.92 Å². The third kappa shape index (κ3) is 2.15. The highest BCUT2D eigenvalue weighted by molar-refractivity contribution is 5.97. The number of fused-ring (bicyclic) bond motifs is 2. The molecule has 0 saturated carbocycles. The summed E-state index contributed by atoms with van der Waals surface area (Å²) in [6, 6.07) is 6.45. The minimum atomic E-state index is -0.408. The predicted octanol–water partition coefficient (Wildman–Crippen LogP) is 1.95. The van der Waals surface area contributed by atoms with Gasteiger partial charge in [0.2, 0.25) is 5.91 Å². The summed E-state index contributed by atoms with van der Waals surface area (Å²) in [5.41, 5.74) is 2.08. The number of hydrazone groups is 1. The Morgan fingerprint density at radius 1 is 1.22 bits per heavy atom. The molecule has 3 fully saturated rings. The Kier molecular flexibility index (Phi) is 3.19. The first-order valence-electron chi connectivity index (χ1n) is 7.93. The molecule has 4 heterocycles. The van der Waals surface area contributed by atoms with Gasteiger partial charge in [-0.05, 0) is 43.6 Å². The van der Waals surface area contributed by atoms with Gasteiger partial charge in [-0.1, -0.05) is 0 Å². The molecule has 0 aromatic heterocycles. The SMILES string of the molecule is CC(=O)N1N=C2C3CCN(CC3)[C@@H]2[C@@H]1c1ccc([N+](=O)[O-])cc1. The maximum Gasteiger partial charge on any atom is 0.269 e. The zero-order valence-electron chi connectivity index (χ0n) is 12.9. The molecule has 7 nitrogen and oxygen atoms in total. The Morgan fingerprint density at radius 3 is 2.43 bits per heavy atom. The number of rotatable bonds is 2. The van der Waals surface area contributed by atoms with E-state index in [9.17, 15) is 14.9 Å². The van der Waals surface area contributed by atoms with Crippen molar-refractivity contribution in [3.05, 3.63) is 39.9 Å². The molecular formula is C16H18N4O3. The molecule has 0 radical (unpaired) electrons. The largest absolute Gasteiger partial charge is 0.293 e. The van der Waals surface area contributed by atoms with Gasteiger partial charge in [-0.3, -0.25) is 19.8 Å². The zero-order chi connectivity index (χ0) is 16.1. The van der Waals surface area contributed by atoms with E-state index in [1.54, 1.807) is 17.1 Å². The smallest absolute Gasteiger partial charge is 0.269 e. The van der Waals surface area contributed by atoms with Crippen molar-refractivity contribution in [3.8, 4) is 0 Å². The first-order chi connectivity index (χ1) is 11.1. The number of piperidine rings is 3. The van der Waals surface area contributed by atoms with Crippen LogP contribution in [0.5, 0.6) is 0 Å². The number of hydrogen-bond donors (Lipinski definition) is 0. The van der Waals surface area contributed by atoms with E-state index in [4.69, 9.17) is 0 Å². The summed E-state index contributed by atoms with van der Waals surface area (Å²) in [7, 11) is 0. The molecule has 7 heteroatoms. The molecule has 0 aliphatic carbocycles. The second-order valence-electron chi connectivity index (χ2n) is 6.44. The van der Waals surface area contributed by atoms with Crippen molar-refractivity contribution in [2.45, 2.75) is 31.8 Å². The Labute approximate surface area is 133 Å². The van der Waals surface area contributed by atoms with E-state index in [-0.39, 0.29) is 23.7 Å². The number of carbonyl (C=O) groups excluding carboxylic acids is 1. The molecule has 0 unspecified atom stereocenters. The van der Waals surface area contributed by atoms with Crippen molar-refractivity contribution >= 4 is 17.3 Å². The van der Waals surface area contributed by atoms with Crippen LogP contribution in [-0.2, 0) is 4.79 Å². The molecule has 5 rings (SSSR count). The molecule has 23 heavy (non-hydrogen) atoms. The van der Waals surface area contributed by atoms with Gasteiger partial charge in [-0.15, -0.1) is 0 Å². The molecule has 1 amide bonds. The zero-order valence-corrected chi connectivity index (χ0v) is 12.9. The lowest BCUT2D eigenvalue weighted by molar-refractivity contribution is -0.384. The van der Waals surface area contributed by atoms with Gasteiger partial charge < -0.3 is 0 Å². The van der Waals surface area contributed by atoms with Crippen LogP contribution in [0.15, 0.2) is 29.4 Å². The van der Waals surface area contributed by atoms with Crippen LogP contribution in [0.2, 0.25) is 0 Å². The number of nitro groups is 1. The Bertz CT molecular complexity index is 692. The average molecular weight is 314 g/mol. The predicted molar refractivity (Wildman–Crippen MR) is 83.9 cm³/mol. The number of amides is 1. The van der Waals surface area contributed by atoms with Crippen molar-refractivity contribution < 1.29 is 9.72 Å². The van der Waals surface area contributed by atoms with Crippen molar-refractivity contribution in [2.75, 3.05) is 13.1 Å². The van der Waals surface area contributed by atoms with Crippen LogP contribution in [0.3, 0.4) is 0 Å². The average Bonchev–Trinajstić information content (AvgIpc) is 2.99. The number of benzene rings is 1. The summed E-state index contributed by atoms with van der Waals surface area (Å²) in [4.78, 5) is 24.9. The fourth-order valence-electron chi connectivity index (χ4n) is 4.11. The first kappa shape index (κ1) is 14.3. The highest BCUT2D eigenvalue weighted by atomic mass is 16.6. The van der Waals surface area contributed by atoms with E-state index >= 15 is 0 Å². The molecule has 120 valence electrons. The summed E-state index contributed by atoms with van der Waals surface area (Å²) in [5.74, 6) is 0.380. The lowest BCUT2D eigenvalue weighted by Gasteiger charge is -2.46. The molecule has 4 aliphatic rings. The standard InChI is InChI=1S/C16H18N4O3/c1-10(21)19-15(12-2-4-13(5-3-12)20(22)23)16-14(17-19)11-6-8-18(16)9-7-11/h2-5,11,15-16H,6-9H2,1H3/t15-,16-/m0/s1. The molecule has 1 aromatic rings. The molecule has 4 aliphatic heterocycles. The van der Waals surface area contributed by atoms with Gasteiger partial charge >= 0.3 is 0 Å². The molecule has 2 atom stereocenters. The number of non-ortho nitro benzene ring substituents is 1. The number of carbonyl (C=O) groups is 1. The Balaban J connectivity index is 1.73. The van der Waals surface area contributed by atoms with E-state index in [1.807, 2.05) is 0 Å². The van der Waals surface area contributed by atoms with E-state index in [2.05, 4.69) is 10.0 Å². The van der Waals surface area contributed by atoms with Crippen molar-refractivity contribution in [2.24, 2.45) is 11.0 Å². The minimum absolute atomic E-state index is 0.0627. The van der Waals surface area contributed by atoms with Gasteiger partial charge in [0.1, 0.15) is 6.04 Å². The third-order valence-corrected chi connectivity index (χ3v) is 5.20. The topological polar surface area (TPSA) is 79.0 Å². The van der Waals surface area contributed by atoms with Crippen molar-refractivity contribution in [1.29, 1.82) is 0 Å². The second kappa shape index (κ2) is 5.13. The molecule has 2 bridgehead atoms. The summed E-state index contributed by atoms with van der Waals surface area (Å²) >= 11 is 0. The van der Waals surface area contributed by atoms with Gasteiger partial charge in [-0.25, -0.2) is 5.01 Å². The maximum atomic E-state index is 12.1. The van der Waals surface area contributed by atoms with Gasteiger partial charge in [0.15, 0.2) is 0 Å². The van der Waals surface area contributed by atoms with Crippen LogP contribution < -0.4 is 0 Å². The Morgan fingerprint density at radius 2 is 1.87 bits per heavy atom. The summed E-state index contributed by atoms with van der Waals surface area (Å²) < 4.78 is 0. The number of hydrogen-bond acceptors (Lipinski definition) is 5. The molecular weight excluding hydrogens is 296 g/mol. The van der Waals surface area contributed by atoms with Crippen molar-refractivity contribution in [1.82, 2.24) is 9.91 Å². The van der Waals surface area contributed by atoms with Crippen LogP contribution in [0.1, 0.15) is 31.4 Å². The number of nitrogens with zero attached hydrogens (tertiary/aromatic N) is 4. The highest BCUT2D eigenvalue weighted by Gasteiger charge is 2.50. The first-order valence-corrected chi connectivity index (χ1v) is 7.93. The third-order valence-electron chi connectivity index (χ3n) is 5.20. The molecule has 3 saturated heterocycles. The lowest BCUT2D eigenvalue weighted by Crippen LogP contribution is -2.56.